The molecule has 1 amide bonds. The molecule has 0 saturated heterocycles. The predicted octanol–water partition coefficient (Wildman–Crippen LogP) is 3.73. The lowest BCUT2D eigenvalue weighted by Crippen LogP contribution is -2.35. The van der Waals surface area contributed by atoms with Crippen molar-refractivity contribution in [2.45, 2.75) is 62.9 Å². The third kappa shape index (κ3) is 3.35. The summed E-state index contributed by atoms with van der Waals surface area (Å²) >= 11 is 0. The van der Waals surface area contributed by atoms with Gasteiger partial charge in [0, 0.05) is 24.2 Å². The zero-order valence-electron chi connectivity index (χ0n) is 16.3. The molecule has 0 aromatic heterocycles. The van der Waals surface area contributed by atoms with Crippen molar-refractivity contribution in [3.63, 3.8) is 0 Å². The Hall–Kier alpha value is -2.18. The van der Waals surface area contributed by atoms with Gasteiger partial charge in [0.2, 0.25) is 15.9 Å². The van der Waals surface area contributed by atoms with Crippen LogP contribution >= 0.6 is 0 Å². The molecule has 0 radical (unpaired) electrons. The van der Waals surface area contributed by atoms with Crippen molar-refractivity contribution in [1.29, 1.82) is 0 Å². The summed E-state index contributed by atoms with van der Waals surface area (Å²) in [5.74, 6) is 0.0683. The molecule has 2 aromatic carbocycles. The van der Waals surface area contributed by atoms with E-state index in [0.717, 1.165) is 36.1 Å². The highest BCUT2D eigenvalue weighted by Crippen LogP contribution is 2.35. The molecule has 2 atom stereocenters. The number of hydrogen-bond acceptors (Lipinski definition) is 3. The zero-order chi connectivity index (χ0) is 19.9. The van der Waals surface area contributed by atoms with Gasteiger partial charge in [-0.1, -0.05) is 31.2 Å². The molecule has 2 aromatic rings. The Morgan fingerprint density at radius 2 is 1.96 bits per heavy atom. The molecule has 4 rings (SSSR count). The van der Waals surface area contributed by atoms with Crippen LogP contribution in [0.4, 0.5) is 5.69 Å². The highest BCUT2D eigenvalue weighted by atomic mass is 32.2. The van der Waals surface area contributed by atoms with Gasteiger partial charge in [-0.25, -0.2) is 13.1 Å². The van der Waals surface area contributed by atoms with Crippen molar-refractivity contribution in [2.75, 3.05) is 4.90 Å². The molecule has 1 heterocycles. The monoisotopic (exact) mass is 398 g/mol. The lowest BCUT2D eigenvalue weighted by atomic mass is 9.88. The number of nitrogens with one attached hydrogen (secondary N) is 1. The Morgan fingerprint density at radius 1 is 1.18 bits per heavy atom. The van der Waals surface area contributed by atoms with E-state index < -0.39 is 10.0 Å². The van der Waals surface area contributed by atoms with Crippen molar-refractivity contribution in [3.8, 4) is 0 Å². The fourth-order valence-electron chi connectivity index (χ4n) is 4.46. The lowest BCUT2D eigenvalue weighted by Gasteiger charge is -2.26. The zero-order valence-corrected chi connectivity index (χ0v) is 17.1. The molecule has 0 bridgehead atoms. The molecular weight excluding hydrogens is 372 g/mol. The Bertz CT molecular complexity index is 1020. The number of carbonyl (C=O) groups is 1. The molecule has 2 aliphatic rings. The topological polar surface area (TPSA) is 66.5 Å². The van der Waals surface area contributed by atoms with Gasteiger partial charge in [-0.2, -0.15) is 0 Å². The van der Waals surface area contributed by atoms with Crippen molar-refractivity contribution in [2.24, 2.45) is 0 Å². The Kier molecular flexibility index (Phi) is 5.02. The van der Waals surface area contributed by atoms with Gasteiger partial charge in [-0.05, 0) is 67.5 Å². The fraction of sp³-hybridized carbons (Fsp3) is 0.409. The summed E-state index contributed by atoms with van der Waals surface area (Å²) in [4.78, 5) is 14.3. The normalized spacial score (nSPS) is 21.3. The summed E-state index contributed by atoms with van der Waals surface area (Å²) in [5.41, 5.74) is 4.05. The second-order valence-corrected chi connectivity index (χ2v) is 9.44. The second kappa shape index (κ2) is 7.33. The maximum absolute atomic E-state index is 13.1. The lowest BCUT2D eigenvalue weighted by molar-refractivity contribution is -0.118. The van der Waals surface area contributed by atoms with Crippen LogP contribution in [-0.2, 0) is 27.7 Å². The smallest absolute Gasteiger partial charge is 0.241 e. The van der Waals surface area contributed by atoms with Crippen LogP contribution in [0.15, 0.2) is 47.4 Å². The maximum atomic E-state index is 13.1. The van der Waals surface area contributed by atoms with Crippen LogP contribution in [0.1, 0.15) is 55.8 Å². The van der Waals surface area contributed by atoms with E-state index >= 15 is 0 Å². The molecule has 148 valence electrons. The van der Waals surface area contributed by atoms with Gasteiger partial charge < -0.3 is 4.90 Å². The Labute approximate surface area is 166 Å². The average molecular weight is 399 g/mol. The molecule has 0 saturated carbocycles. The number of rotatable bonds is 4. The third-order valence-electron chi connectivity index (χ3n) is 5.81. The Balaban J connectivity index is 1.62. The molecule has 1 aliphatic carbocycles. The number of amides is 1. The molecule has 0 unspecified atom stereocenters. The molecular formula is C22H26N2O3S. The van der Waals surface area contributed by atoms with Crippen molar-refractivity contribution in [3.05, 3.63) is 59.2 Å². The molecule has 0 spiro atoms. The van der Waals surface area contributed by atoms with Crippen LogP contribution in [0, 0.1) is 0 Å². The number of nitrogens with zero attached hydrogens (tertiary/aromatic N) is 1. The predicted molar refractivity (Wildman–Crippen MR) is 110 cm³/mol. The Morgan fingerprint density at radius 3 is 2.75 bits per heavy atom. The van der Waals surface area contributed by atoms with Crippen LogP contribution in [-0.4, -0.2) is 20.4 Å². The van der Waals surface area contributed by atoms with Crippen LogP contribution in [0.25, 0.3) is 0 Å². The first-order chi connectivity index (χ1) is 13.4. The van der Waals surface area contributed by atoms with Crippen LogP contribution < -0.4 is 9.62 Å². The molecule has 0 fully saturated rings. The molecule has 1 N–H and O–H groups in total. The number of fused-ring (bicyclic) bond motifs is 2. The second-order valence-electron chi connectivity index (χ2n) is 7.73. The number of anilines is 1. The van der Waals surface area contributed by atoms with Crippen molar-refractivity contribution in [1.82, 2.24) is 4.72 Å². The quantitative estimate of drug-likeness (QED) is 0.853. The maximum Gasteiger partial charge on any atom is 0.241 e. The van der Waals surface area contributed by atoms with E-state index in [-0.39, 0.29) is 22.9 Å². The van der Waals surface area contributed by atoms with Gasteiger partial charge in [0.1, 0.15) is 0 Å². The van der Waals surface area contributed by atoms with Gasteiger partial charge in [0.25, 0.3) is 0 Å². The summed E-state index contributed by atoms with van der Waals surface area (Å²) in [6, 6.07) is 13.0. The minimum Gasteiger partial charge on any atom is -0.309 e. The summed E-state index contributed by atoms with van der Waals surface area (Å²) in [6.45, 7) is 3.84. The van der Waals surface area contributed by atoms with E-state index in [1.807, 2.05) is 32.0 Å². The standard InChI is InChI=1S/C22H26N2O3S/c1-3-22(25)24-15(2)13-17-14-18(11-12-21(17)24)28(26,27)23-20-10-6-8-16-7-4-5-9-19(16)20/h4-5,7,9,11-12,14-15,20,23H,3,6,8,10,13H2,1-2H3/t15-,20+/m0/s1. The third-order valence-corrected chi connectivity index (χ3v) is 7.28. The largest absolute Gasteiger partial charge is 0.309 e. The van der Waals surface area contributed by atoms with E-state index in [1.54, 1.807) is 23.1 Å². The minimum absolute atomic E-state index is 0.0542. The molecule has 1 aliphatic heterocycles. The average Bonchev–Trinajstić information content (AvgIpc) is 3.02. The summed E-state index contributed by atoms with van der Waals surface area (Å²) in [7, 11) is -3.64. The van der Waals surface area contributed by atoms with Crippen molar-refractivity contribution < 1.29 is 13.2 Å². The van der Waals surface area contributed by atoms with Gasteiger partial charge in [0.05, 0.1) is 4.90 Å². The van der Waals surface area contributed by atoms with Crippen LogP contribution in [0.5, 0.6) is 0 Å². The first-order valence-electron chi connectivity index (χ1n) is 9.96. The van der Waals surface area contributed by atoms with Crippen LogP contribution in [0.3, 0.4) is 0 Å². The molecule has 5 nitrogen and oxygen atoms in total. The highest BCUT2D eigenvalue weighted by Gasteiger charge is 2.32. The number of hydrogen-bond donors (Lipinski definition) is 1. The number of carbonyl (C=O) groups excluding carboxylic acids is 1. The van der Waals surface area contributed by atoms with E-state index in [1.165, 1.54) is 5.56 Å². The SMILES string of the molecule is CCC(=O)N1c2ccc(S(=O)(=O)N[C@@H]3CCCc4ccccc43)cc2C[C@@H]1C. The first-order valence-corrected chi connectivity index (χ1v) is 11.4. The van der Waals surface area contributed by atoms with Gasteiger partial charge >= 0.3 is 0 Å². The number of sulfonamides is 1. The fourth-order valence-corrected chi connectivity index (χ4v) is 5.76. The van der Waals surface area contributed by atoms with Gasteiger partial charge in [-0.3, -0.25) is 4.79 Å². The van der Waals surface area contributed by atoms with Crippen LogP contribution in [0.2, 0.25) is 0 Å². The van der Waals surface area contributed by atoms with Gasteiger partial charge in [-0.15, -0.1) is 0 Å². The summed E-state index contributed by atoms with van der Waals surface area (Å²) in [6.07, 6.45) is 3.88. The van der Waals surface area contributed by atoms with E-state index in [0.29, 0.717) is 12.8 Å². The number of benzene rings is 2. The summed E-state index contributed by atoms with van der Waals surface area (Å²) in [5, 5.41) is 0. The van der Waals surface area contributed by atoms with E-state index in [2.05, 4.69) is 10.8 Å². The molecule has 28 heavy (non-hydrogen) atoms. The minimum atomic E-state index is -3.64. The van der Waals surface area contributed by atoms with Gasteiger partial charge in [0.15, 0.2) is 0 Å². The first kappa shape index (κ1) is 19.2. The van der Waals surface area contributed by atoms with E-state index in [9.17, 15) is 13.2 Å². The highest BCUT2D eigenvalue weighted by molar-refractivity contribution is 7.89. The molecule has 6 heteroatoms. The summed E-state index contributed by atoms with van der Waals surface area (Å²) < 4.78 is 29.0. The van der Waals surface area contributed by atoms with E-state index in [4.69, 9.17) is 0 Å². The number of aryl methyl sites for hydroxylation is 1. The van der Waals surface area contributed by atoms with Crippen molar-refractivity contribution >= 4 is 21.6 Å².